The van der Waals surface area contributed by atoms with E-state index in [4.69, 9.17) is 5.11 Å². The van der Waals surface area contributed by atoms with E-state index < -0.39 is 16.0 Å². The molecule has 0 amide bonds. The maximum Gasteiger partial charge on any atom is 0.317 e. The Morgan fingerprint density at radius 1 is 1.25 bits per heavy atom. The van der Waals surface area contributed by atoms with Gasteiger partial charge in [0.15, 0.2) is 0 Å². The maximum absolute atomic E-state index is 12.4. The molecule has 1 fully saturated rings. The van der Waals surface area contributed by atoms with Crippen LogP contribution in [-0.2, 0) is 14.8 Å². The van der Waals surface area contributed by atoms with Gasteiger partial charge in [-0.25, -0.2) is 13.1 Å². The Morgan fingerprint density at radius 2 is 1.83 bits per heavy atom. The second kappa shape index (κ2) is 7.50. The van der Waals surface area contributed by atoms with Crippen LogP contribution in [0, 0.1) is 0 Å². The minimum Gasteiger partial charge on any atom is -0.480 e. The van der Waals surface area contributed by atoms with Crippen molar-refractivity contribution in [1.82, 2.24) is 9.62 Å². The summed E-state index contributed by atoms with van der Waals surface area (Å²) in [6.45, 7) is 2.54. The van der Waals surface area contributed by atoms with Crippen molar-refractivity contribution in [3.63, 3.8) is 0 Å². The van der Waals surface area contributed by atoms with Gasteiger partial charge in [0, 0.05) is 31.9 Å². The SMILES string of the molecule is CCN(CC(=O)O)C1CC(NS(=O)(=O)c2ccc(N(C)C)cc2)C1. The first-order chi connectivity index (χ1) is 11.2. The molecule has 0 unspecified atom stereocenters. The summed E-state index contributed by atoms with van der Waals surface area (Å²) < 4.78 is 27.5. The second-order valence-electron chi connectivity index (χ2n) is 6.29. The number of sulfonamides is 1. The molecule has 134 valence electrons. The van der Waals surface area contributed by atoms with Gasteiger partial charge in [-0.3, -0.25) is 9.69 Å². The van der Waals surface area contributed by atoms with Gasteiger partial charge in [0.05, 0.1) is 11.4 Å². The fourth-order valence-electron chi connectivity index (χ4n) is 2.87. The van der Waals surface area contributed by atoms with Crippen LogP contribution >= 0.6 is 0 Å². The Hall–Kier alpha value is -1.64. The molecule has 1 aliphatic carbocycles. The number of benzene rings is 1. The van der Waals surface area contributed by atoms with E-state index in [1.807, 2.05) is 30.8 Å². The summed E-state index contributed by atoms with van der Waals surface area (Å²) in [6.07, 6.45) is 1.27. The summed E-state index contributed by atoms with van der Waals surface area (Å²) in [6, 6.07) is 6.70. The van der Waals surface area contributed by atoms with Crippen LogP contribution in [0.5, 0.6) is 0 Å². The molecule has 0 spiro atoms. The molecule has 0 aromatic heterocycles. The predicted octanol–water partition coefficient (Wildman–Crippen LogP) is 0.968. The van der Waals surface area contributed by atoms with E-state index in [0.717, 1.165) is 5.69 Å². The largest absolute Gasteiger partial charge is 0.480 e. The number of nitrogens with zero attached hydrogens (tertiary/aromatic N) is 2. The molecule has 2 rings (SSSR count). The van der Waals surface area contributed by atoms with E-state index in [0.29, 0.717) is 19.4 Å². The van der Waals surface area contributed by atoms with Crippen LogP contribution < -0.4 is 9.62 Å². The van der Waals surface area contributed by atoms with Gasteiger partial charge in [-0.1, -0.05) is 6.92 Å². The molecule has 24 heavy (non-hydrogen) atoms. The van der Waals surface area contributed by atoms with Crippen molar-refractivity contribution in [2.75, 3.05) is 32.1 Å². The Labute approximate surface area is 143 Å². The summed E-state index contributed by atoms with van der Waals surface area (Å²) in [7, 11) is 0.246. The lowest BCUT2D eigenvalue weighted by Crippen LogP contribution is -2.54. The monoisotopic (exact) mass is 355 g/mol. The number of nitrogens with one attached hydrogen (secondary N) is 1. The highest BCUT2D eigenvalue weighted by molar-refractivity contribution is 7.89. The lowest BCUT2D eigenvalue weighted by atomic mass is 9.86. The van der Waals surface area contributed by atoms with E-state index in [1.165, 1.54) is 0 Å². The highest BCUT2D eigenvalue weighted by Crippen LogP contribution is 2.27. The van der Waals surface area contributed by atoms with Crippen LogP contribution in [0.2, 0.25) is 0 Å². The van der Waals surface area contributed by atoms with Crippen LogP contribution in [0.4, 0.5) is 5.69 Å². The summed E-state index contributed by atoms with van der Waals surface area (Å²) in [4.78, 5) is 14.8. The summed E-state index contributed by atoms with van der Waals surface area (Å²) in [5, 5.41) is 8.89. The molecule has 1 aromatic rings. The lowest BCUT2D eigenvalue weighted by Gasteiger charge is -2.42. The summed E-state index contributed by atoms with van der Waals surface area (Å²) in [5.74, 6) is -0.859. The van der Waals surface area contributed by atoms with Gasteiger partial charge in [0.2, 0.25) is 10.0 Å². The van der Waals surface area contributed by atoms with Crippen LogP contribution in [-0.4, -0.2) is 63.7 Å². The van der Waals surface area contributed by atoms with Crippen molar-refractivity contribution in [3.05, 3.63) is 24.3 Å². The summed E-state index contributed by atoms with van der Waals surface area (Å²) >= 11 is 0. The molecule has 8 heteroatoms. The van der Waals surface area contributed by atoms with E-state index in [2.05, 4.69) is 4.72 Å². The average Bonchev–Trinajstić information content (AvgIpc) is 2.48. The van der Waals surface area contributed by atoms with E-state index in [-0.39, 0.29) is 23.5 Å². The molecule has 2 N–H and O–H groups in total. The smallest absolute Gasteiger partial charge is 0.317 e. The maximum atomic E-state index is 12.4. The third-order valence-electron chi connectivity index (χ3n) is 4.36. The zero-order chi connectivity index (χ0) is 17.9. The first-order valence-electron chi connectivity index (χ1n) is 7.98. The van der Waals surface area contributed by atoms with Crippen molar-refractivity contribution >= 4 is 21.7 Å². The number of hydrogen-bond donors (Lipinski definition) is 2. The number of carbonyl (C=O) groups is 1. The average molecular weight is 355 g/mol. The topological polar surface area (TPSA) is 90.0 Å². The second-order valence-corrected chi connectivity index (χ2v) is 8.00. The molecule has 0 saturated heterocycles. The van der Waals surface area contributed by atoms with Gasteiger partial charge in [-0.2, -0.15) is 0 Å². The predicted molar refractivity (Wildman–Crippen MR) is 92.8 cm³/mol. The zero-order valence-corrected chi connectivity index (χ0v) is 15.1. The fraction of sp³-hybridized carbons (Fsp3) is 0.562. The van der Waals surface area contributed by atoms with Crippen LogP contribution in [0.3, 0.4) is 0 Å². The highest BCUT2D eigenvalue weighted by Gasteiger charge is 2.36. The van der Waals surface area contributed by atoms with Crippen molar-refractivity contribution < 1.29 is 18.3 Å². The minimum absolute atomic E-state index is 0.00731. The third-order valence-corrected chi connectivity index (χ3v) is 5.90. The molecule has 1 aromatic carbocycles. The fourth-order valence-corrected chi connectivity index (χ4v) is 4.13. The Kier molecular flexibility index (Phi) is 5.84. The molecule has 7 nitrogen and oxygen atoms in total. The normalized spacial score (nSPS) is 20.7. The lowest BCUT2D eigenvalue weighted by molar-refractivity contribution is -0.139. The first-order valence-corrected chi connectivity index (χ1v) is 9.46. The molecule has 0 radical (unpaired) electrons. The number of carboxylic acids is 1. The zero-order valence-electron chi connectivity index (χ0n) is 14.3. The van der Waals surface area contributed by atoms with E-state index in [1.54, 1.807) is 24.3 Å². The van der Waals surface area contributed by atoms with Crippen molar-refractivity contribution in [3.8, 4) is 0 Å². The Morgan fingerprint density at radius 3 is 2.29 bits per heavy atom. The molecule has 0 heterocycles. The first kappa shape index (κ1) is 18.7. The number of carboxylic acid groups (broad SMARTS) is 1. The van der Waals surface area contributed by atoms with Crippen LogP contribution in [0.25, 0.3) is 0 Å². The number of anilines is 1. The van der Waals surface area contributed by atoms with Gasteiger partial charge in [0.25, 0.3) is 0 Å². The Balaban J connectivity index is 1.93. The van der Waals surface area contributed by atoms with Gasteiger partial charge in [-0.05, 0) is 43.7 Å². The summed E-state index contributed by atoms with van der Waals surface area (Å²) in [5.41, 5.74) is 0.935. The van der Waals surface area contributed by atoms with Gasteiger partial charge in [0.1, 0.15) is 0 Å². The standard InChI is InChI=1S/C16H25N3O4S/c1-4-19(11-16(20)21)14-9-12(10-14)17-24(22,23)15-7-5-13(6-8-15)18(2)3/h5-8,12,14,17H,4,9-11H2,1-3H3,(H,20,21). The van der Waals surface area contributed by atoms with Crippen molar-refractivity contribution in [1.29, 1.82) is 0 Å². The number of likely N-dealkylation sites (N-methyl/N-ethyl adjacent to an activating group) is 1. The molecule has 0 atom stereocenters. The minimum atomic E-state index is -3.55. The third kappa shape index (κ3) is 4.46. The number of rotatable bonds is 8. The quantitative estimate of drug-likeness (QED) is 0.722. The van der Waals surface area contributed by atoms with Crippen molar-refractivity contribution in [2.45, 2.75) is 36.7 Å². The molecular formula is C16H25N3O4S. The van der Waals surface area contributed by atoms with Gasteiger partial charge in [-0.15, -0.1) is 0 Å². The highest BCUT2D eigenvalue weighted by atomic mass is 32.2. The number of aliphatic carboxylic acids is 1. The molecule has 0 aliphatic heterocycles. The molecule has 1 aliphatic rings. The van der Waals surface area contributed by atoms with Crippen LogP contribution in [0.1, 0.15) is 19.8 Å². The Bertz CT molecular complexity index is 667. The molecule has 0 bridgehead atoms. The van der Waals surface area contributed by atoms with E-state index >= 15 is 0 Å². The van der Waals surface area contributed by atoms with Gasteiger partial charge >= 0.3 is 5.97 Å². The molecule has 1 saturated carbocycles. The molecular weight excluding hydrogens is 330 g/mol. The van der Waals surface area contributed by atoms with Crippen molar-refractivity contribution in [2.24, 2.45) is 0 Å². The van der Waals surface area contributed by atoms with Crippen LogP contribution in [0.15, 0.2) is 29.2 Å². The van der Waals surface area contributed by atoms with Gasteiger partial charge < -0.3 is 10.0 Å². The van der Waals surface area contributed by atoms with E-state index in [9.17, 15) is 13.2 Å². The number of hydrogen-bond acceptors (Lipinski definition) is 5.